The number of carbonyl (C=O) groups is 1. The number of piperidine rings is 1. The van der Waals surface area contributed by atoms with Crippen molar-refractivity contribution in [1.29, 1.82) is 0 Å². The number of amides is 1. The molecule has 6 N–H and O–H groups in total. The number of nitrogens with zero attached hydrogens (tertiary/aromatic N) is 2. The predicted molar refractivity (Wildman–Crippen MR) is 172 cm³/mol. The monoisotopic (exact) mass is 545 g/mol. The molecular formula is C34H51N5O. The predicted octanol–water partition coefficient (Wildman–Crippen LogP) is 6.65. The Labute approximate surface area is 243 Å². The number of hydrogen-bond acceptors (Lipinski definition) is 5. The Morgan fingerprint density at radius 2 is 1.85 bits per heavy atom. The van der Waals surface area contributed by atoms with Crippen LogP contribution in [0.25, 0.3) is 6.08 Å². The molecule has 6 nitrogen and oxygen atoms in total. The van der Waals surface area contributed by atoms with E-state index in [0.29, 0.717) is 12.1 Å². The van der Waals surface area contributed by atoms with E-state index in [-0.39, 0.29) is 11.9 Å². The zero-order valence-corrected chi connectivity index (χ0v) is 25.7. The lowest BCUT2D eigenvalue weighted by molar-refractivity contribution is -0.127. The highest BCUT2D eigenvalue weighted by atomic mass is 16.2. The molecule has 2 aliphatic heterocycles. The summed E-state index contributed by atoms with van der Waals surface area (Å²) in [5.74, 6) is 0.0381. The van der Waals surface area contributed by atoms with Gasteiger partial charge in [0, 0.05) is 48.0 Å². The number of nitrogens with two attached hydrogens (primary N) is 3. The van der Waals surface area contributed by atoms with Gasteiger partial charge in [-0.05, 0) is 99.7 Å². The van der Waals surface area contributed by atoms with Gasteiger partial charge in [0.25, 0.3) is 5.91 Å². The summed E-state index contributed by atoms with van der Waals surface area (Å²) in [6.07, 6.45) is 15.7. The zero-order chi connectivity index (χ0) is 30.2. The van der Waals surface area contributed by atoms with Crippen LogP contribution in [0.2, 0.25) is 0 Å². The second kappa shape index (κ2) is 17.7. The Kier molecular flexibility index (Phi) is 15.2. The van der Waals surface area contributed by atoms with Crippen LogP contribution in [0.1, 0.15) is 71.9 Å². The molecule has 1 atom stereocenters. The summed E-state index contributed by atoms with van der Waals surface area (Å²) in [4.78, 5) is 16.8. The average Bonchev–Trinajstić information content (AvgIpc) is 2.97. The third-order valence-electron chi connectivity index (χ3n) is 6.91. The van der Waals surface area contributed by atoms with E-state index in [0.717, 1.165) is 42.9 Å². The minimum atomic E-state index is 0.0381. The van der Waals surface area contributed by atoms with Crippen molar-refractivity contribution in [2.45, 2.75) is 73.8 Å². The fourth-order valence-corrected chi connectivity index (χ4v) is 4.24. The molecule has 1 unspecified atom stereocenters. The molecule has 0 bridgehead atoms. The largest absolute Gasteiger partial charge is 0.405 e. The maximum atomic E-state index is 12.9. The Morgan fingerprint density at radius 1 is 1.18 bits per heavy atom. The van der Waals surface area contributed by atoms with Gasteiger partial charge in [-0.2, -0.15) is 0 Å². The molecule has 1 fully saturated rings. The Morgan fingerprint density at radius 3 is 2.42 bits per heavy atom. The molecule has 0 aromatic heterocycles. The van der Waals surface area contributed by atoms with Gasteiger partial charge in [-0.3, -0.25) is 4.79 Å². The van der Waals surface area contributed by atoms with Crippen molar-refractivity contribution < 1.29 is 4.79 Å². The Balaban J connectivity index is 0.000000689. The van der Waals surface area contributed by atoms with Crippen LogP contribution in [0, 0.1) is 6.92 Å². The van der Waals surface area contributed by atoms with E-state index in [9.17, 15) is 4.79 Å². The molecule has 1 aromatic carbocycles. The van der Waals surface area contributed by atoms with Crippen molar-refractivity contribution in [3.05, 3.63) is 112 Å². The lowest BCUT2D eigenvalue weighted by atomic mass is 10.0. The number of likely N-dealkylation sites (tertiary alicyclic amines) is 1. The first-order valence-corrected chi connectivity index (χ1v) is 14.3. The van der Waals surface area contributed by atoms with E-state index in [1.165, 1.54) is 28.5 Å². The first kappa shape index (κ1) is 34.3. The van der Waals surface area contributed by atoms with E-state index in [1.807, 2.05) is 48.9 Å². The number of aryl methyl sites for hydroxylation is 1. The van der Waals surface area contributed by atoms with Gasteiger partial charge in [0.05, 0.1) is 0 Å². The van der Waals surface area contributed by atoms with Crippen molar-refractivity contribution in [2.24, 2.45) is 17.2 Å². The molecule has 1 amide bonds. The number of rotatable bonds is 6. The molecule has 3 rings (SSSR count). The zero-order valence-electron chi connectivity index (χ0n) is 25.7. The summed E-state index contributed by atoms with van der Waals surface area (Å²) in [5, 5.41) is 0. The van der Waals surface area contributed by atoms with Crippen LogP contribution in [-0.4, -0.2) is 34.8 Å². The van der Waals surface area contributed by atoms with E-state index in [2.05, 4.69) is 64.6 Å². The van der Waals surface area contributed by atoms with Gasteiger partial charge in [-0.25, -0.2) is 0 Å². The molecule has 6 heteroatoms. The van der Waals surface area contributed by atoms with Crippen LogP contribution >= 0.6 is 0 Å². The van der Waals surface area contributed by atoms with E-state index in [1.54, 1.807) is 12.2 Å². The van der Waals surface area contributed by atoms with Crippen molar-refractivity contribution in [3.63, 3.8) is 0 Å². The van der Waals surface area contributed by atoms with Crippen LogP contribution in [0.3, 0.4) is 0 Å². The first-order valence-electron chi connectivity index (χ1n) is 14.3. The minimum Gasteiger partial charge on any atom is -0.405 e. The third kappa shape index (κ3) is 10.4. The molecule has 1 aromatic rings. The highest BCUT2D eigenvalue weighted by Crippen LogP contribution is 2.27. The maximum absolute atomic E-state index is 12.9. The fraction of sp³-hybridized carbons (Fsp3) is 0.382. The van der Waals surface area contributed by atoms with Crippen molar-refractivity contribution in [1.82, 2.24) is 9.80 Å². The first-order chi connectivity index (χ1) is 19.1. The van der Waals surface area contributed by atoms with Crippen LogP contribution in [0.15, 0.2) is 101 Å². The van der Waals surface area contributed by atoms with Gasteiger partial charge in [0.15, 0.2) is 0 Å². The number of allylic oxidation sites excluding steroid dienone is 7. The highest BCUT2D eigenvalue weighted by molar-refractivity contribution is 5.97. The van der Waals surface area contributed by atoms with Crippen molar-refractivity contribution in [3.8, 4) is 0 Å². The summed E-state index contributed by atoms with van der Waals surface area (Å²) < 4.78 is 0. The quantitative estimate of drug-likeness (QED) is 0.348. The molecule has 40 heavy (non-hydrogen) atoms. The summed E-state index contributed by atoms with van der Waals surface area (Å²) in [6, 6.07) is 8.45. The highest BCUT2D eigenvalue weighted by Gasteiger charge is 2.25. The average molecular weight is 546 g/mol. The van der Waals surface area contributed by atoms with Gasteiger partial charge in [-0.15, -0.1) is 0 Å². The van der Waals surface area contributed by atoms with Crippen LogP contribution in [0.5, 0.6) is 0 Å². The van der Waals surface area contributed by atoms with E-state index < -0.39 is 0 Å². The molecular weight excluding hydrogens is 494 g/mol. The standard InChI is InChI=1S/C26H33N3O.C6H12N2.C2H6/c1-18-9-6-7-10-23(18)15-19(2)21(4)22(5)29-14-12-24(16-20(29)3)26(30)28-13-8-11-25(27)17-28;1-2-6(8)4-3-5-7;1-2/h6-7,9-10,12,14-16,25H,3,8,11,13,17,27H2,1-2,4-5H3;3-5H,2,7-8H2,1H3;1-2H3/b19-15+,22-21+;5-3-,6-4-;. The summed E-state index contributed by atoms with van der Waals surface area (Å²) in [5.41, 5.74) is 24.8. The molecule has 2 aliphatic rings. The molecule has 0 saturated carbocycles. The van der Waals surface area contributed by atoms with Crippen LogP contribution in [-0.2, 0) is 4.79 Å². The molecule has 2 heterocycles. The fourth-order valence-electron chi connectivity index (χ4n) is 4.24. The SMILES string of the molecule is C=C1C=C(C(=O)N2CCCC(N)C2)C=CN1/C(C)=C(C)/C(C)=C/c1ccccc1C.CC.CC/C(N)=C/C=C\N. The van der Waals surface area contributed by atoms with Crippen LogP contribution < -0.4 is 17.2 Å². The summed E-state index contributed by atoms with van der Waals surface area (Å²) in [7, 11) is 0. The Hall–Kier alpha value is -3.77. The molecule has 0 aliphatic carbocycles. The summed E-state index contributed by atoms with van der Waals surface area (Å²) >= 11 is 0. The van der Waals surface area contributed by atoms with Gasteiger partial charge in [-0.1, -0.05) is 57.7 Å². The van der Waals surface area contributed by atoms with Crippen molar-refractivity contribution >= 4 is 12.0 Å². The van der Waals surface area contributed by atoms with Gasteiger partial charge < -0.3 is 27.0 Å². The lowest BCUT2D eigenvalue weighted by Crippen LogP contribution is -2.46. The summed E-state index contributed by atoms with van der Waals surface area (Å²) in [6.45, 7) is 20.1. The lowest BCUT2D eigenvalue weighted by Gasteiger charge is -2.32. The number of benzene rings is 1. The Bertz CT molecular complexity index is 1180. The second-order valence-electron chi connectivity index (χ2n) is 9.80. The second-order valence-corrected chi connectivity index (χ2v) is 9.80. The number of hydrogen-bond donors (Lipinski definition) is 3. The van der Waals surface area contributed by atoms with Gasteiger partial charge in [0.1, 0.15) is 0 Å². The van der Waals surface area contributed by atoms with E-state index in [4.69, 9.17) is 17.2 Å². The van der Waals surface area contributed by atoms with Gasteiger partial charge >= 0.3 is 0 Å². The van der Waals surface area contributed by atoms with Crippen LogP contribution in [0.4, 0.5) is 0 Å². The van der Waals surface area contributed by atoms with Gasteiger partial charge in [0.2, 0.25) is 0 Å². The topological polar surface area (TPSA) is 102 Å². The molecule has 0 radical (unpaired) electrons. The third-order valence-corrected chi connectivity index (χ3v) is 6.91. The number of carbonyl (C=O) groups excluding carboxylic acids is 1. The molecule has 0 spiro atoms. The molecule has 1 saturated heterocycles. The van der Waals surface area contributed by atoms with E-state index >= 15 is 0 Å². The maximum Gasteiger partial charge on any atom is 0.254 e. The molecule has 218 valence electrons. The normalized spacial score (nSPS) is 18.4. The minimum absolute atomic E-state index is 0.0381. The van der Waals surface area contributed by atoms with Crippen molar-refractivity contribution in [2.75, 3.05) is 13.1 Å². The smallest absolute Gasteiger partial charge is 0.254 e.